The summed E-state index contributed by atoms with van der Waals surface area (Å²) in [4.78, 5) is 11.8. The summed E-state index contributed by atoms with van der Waals surface area (Å²) >= 11 is 0. The van der Waals surface area contributed by atoms with Gasteiger partial charge >= 0.3 is 0 Å². The molecular weight excluding hydrogens is 307 g/mol. The summed E-state index contributed by atoms with van der Waals surface area (Å²) in [6, 6.07) is 10.7. The van der Waals surface area contributed by atoms with Crippen LogP contribution in [0.4, 0.5) is 15.9 Å². The number of aromatic nitrogens is 3. The molecule has 4 aromatic rings. The molecule has 0 amide bonds. The van der Waals surface area contributed by atoms with E-state index in [1.807, 2.05) is 12.1 Å². The molecule has 0 fully saturated rings. The Morgan fingerprint density at radius 3 is 3.04 bits per heavy atom. The Labute approximate surface area is 136 Å². The predicted molar refractivity (Wildman–Crippen MR) is 90.3 cm³/mol. The first-order valence-electron chi connectivity index (χ1n) is 7.73. The zero-order valence-corrected chi connectivity index (χ0v) is 12.6. The van der Waals surface area contributed by atoms with Crippen LogP contribution < -0.4 is 10.1 Å². The number of halogens is 1. The van der Waals surface area contributed by atoms with Crippen LogP contribution in [0, 0.1) is 5.82 Å². The maximum absolute atomic E-state index is 13.5. The zero-order valence-electron chi connectivity index (χ0n) is 12.6. The van der Waals surface area contributed by atoms with Crippen LogP contribution in [0.3, 0.4) is 0 Å². The standard InChI is InChI=1S/C18H13FN4O/c19-11-1-3-13-14(8-11)23-18-16(13)17(20-9-21-18)22-12-2-4-15-10(7-12)5-6-24-15/h1-4,7-9H,5-6H2,(H2,20,21,22,23). The monoisotopic (exact) mass is 320 g/mol. The molecule has 24 heavy (non-hydrogen) atoms. The Morgan fingerprint density at radius 1 is 1.12 bits per heavy atom. The minimum absolute atomic E-state index is 0.282. The van der Waals surface area contributed by atoms with E-state index < -0.39 is 0 Å². The third kappa shape index (κ3) is 2.00. The van der Waals surface area contributed by atoms with Crippen molar-refractivity contribution in [3.63, 3.8) is 0 Å². The topological polar surface area (TPSA) is 62.8 Å². The third-order valence-corrected chi connectivity index (χ3v) is 4.30. The van der Waals surface area contributed by atoms with Gasteiger partial charge in [-0.1, -0.05) is 0 Å². The van der Waals surface area contributed by atoms with Gasteiger partial charge in [0.25, 0.3) is 0 Å². The molecule has 6 heteroatoms. The highest BCUT2D eigenvalue weighted by Gasteiger charge is 2.15. The van der Waals surface area contributed by atoms with Crippen LogP contribution in [0.5, 0.6) is 5.75 Å². The van der Waals surface area contributed by atoms with Crippen molar-refractivity contribution >= 4 is 33.4 Å². The van der Waals surface area contributed by atoms with Gasteiger partial charge < -0.3 is 15.0 Å². The molecule has 1 aliphatic heterocycles. The minimum Gasteiger partial charge on any atom is -0.493 e. The van der Waals surface area contributed by atoms with Gasteiger partial charge in [0.2, 0.25) is 0 Å². The van der Waals surface area contributed by atoms with Gasteiger partial charge in [-0.3, -0.25) is 0 Å². The second kappa shape index (κ2) is 4.92. The fourth-order valence-corrected chi connectivity index (χ4v) is 3.20. The molecule has 118 valence electrons. The average Bonchev–Trinajstić information content (AvgIpc) is 3.18. The normalized spacial score (nSPS) is 13.2. The van der Waals surface area contributed by atoms with Crippen LogP contribution in [-0.2, 0) is 6.42 Å². The molecule has 2 aromatic carbocycles. The summed E-state index contributed by atoms with van der Waals surface area (Å²) in [5, 5.41) is 5.09. The van der Waals surface area contributed by atoms with Crippen molar-refractivity contribution < 1.29 is 9.13 Å². The summed E-state index contributed by atoms with van der Waals surface area (Å²) in [7, 11) is 0. The molecule has 0 saturated heterocycles. The molecule has 0 radical (unpaired) electrons. The molecule has 3 heterocycles. The highest BCUT2D eigenvalue weighted by Crippen LogP contribution is 2.33. The molecule has 0 atom stereocenters. The van der Waals surface area contributed by atoms with Gasteiger partial charge in [0.15, 0.2) is 0 Å². The van der Waals surface area contributed by atoms with Crippen molar-refractivity contribution in [1.29, 1.82) is 0 Å². The molecule has 0 bridgehead atoms. The number of ether oxygens (including phenoxy) is 1. The van der Waals surface area contributed by atoms with Crippen molar-refractivity contribution in [1.82, 2.24) is 15.0 Å². The molecular formula is C18H13FN4O. The minimum atomic E-state index is -0.282. The maximum atomic E-state index is 13.5. The van der Waals surface area contributed by atoms with E-state index in [-0.39, 0.29) is 5.82 Å². The van der Waals surface area contributed by atoms with E-state index in [0.717, 1.165) is 35.2 Å². The molecule has 1 aliphatic rings. The number of H-pyrrole nitrogens is 1. The second-order valence-electron chi connectivity index (χ2n) is 5.81. The van der Waals surface area contributed by atoms with Crippen LogP contribution in [-0.4, -0.2) is 21.6 Å². The molecule has 0 saturated carbocycles. The Bertz CT molecular complexity index is 1090. The van der Waals surface area contributed by atoms with Gasteiger partial charge in [-0.05, 0) is 42.0 Å². The van der Waals surface area contributed by atoms with Gasteiger partial charge in [0.1, 0.15) is 29.4 Å². The molecule has 2 aromatic heterocycles. The number of aromatic amines is 1. The number of fused-ring (bicyclic) bond motifs is 4. The van der Waals surface area contributed by atoms with Crippen LogP contribution >= 0.6 is 0 Å². The first-order valence-corrected chi connectivity index (χ1v) is 7.73. The second-order valence-corrected chi connectivity index (χ2v) is 5.81. The number of hydrogen-bond acceptors (Lipinski definition) is 4. The largest absolute Gasteiger partial charge is 0.493 e. The summed E-state index contributed by atoms with van der Waals surface area (Å²) in [6.45, 7) is 0.727. The number of benzene rings is 2. The Balaban J connectivity index is 1.65. The van der Waals surface area contributed by atoms with E-state index in [9.17, 15) is 4.39 Å². The lowest BCUT2D eigenvalue weighted by Crippen LogP contribution is -1.95. The number of nitrogens with one attached hydrogen (secondary N) is 2. The van der Waals surface area contributed by atoms with E-state index in [2.05, 4.69) is 26.3 Å². The number of anilines is 2. The lowest BCUT2D eigenvalue weighted by molar-refractivity contribution is 0.357. The van der Waals surface area contributed by atoms with Crippen molar-refractivity contribution in [2.45, 2.75) is 6.42 Å². The zero-order chi connectivity index (χ0) is 16.1. The predicted octanol–water partition coefficient (Wildman–Crippen LogP) is 3.93. The first-order chi connectivity index (χ1) is 11.8. The van der Waals surface area contributed by atoms with Crippen LogP contribution in [0.1, 0.15) is 5.56 Å². The van der Waals surface area contributed by atoms with E-state index in [1.54, 1.807) is 6.07 Å². The van der Waals surface area contributed by atoms with E-state index in [4.69, 9.17) is 4.74 Å². The number of nitrogens with zero attached hydrogens (tertiary/aromatic N) is 2. The molecule has 5 rings (SSSR count). The van der Waals surface area contributed by atoms with Gasteiger partial charge in [0.05, 0.1) is 17.5 Å². The highest BCUT2D eigenvalue weighted by molar-refractivity contribution is 6.11. The molecule has 2 N–H and O–H groups in total. The summed E-state index contributed by atoms with van der Waals surface area (Å²) in [5.41, 5.74) is 3.51. The Hall–Kier alpha value is -3.15. The third-order valence-electron chi connectivity index (χ3n) is 4.30. The van der Waals surface area contributed by atoms with E-state index in [1.165, 1.54) is 24.0 Å². The van der Waals surface area contributed by atoms with E-state index >= 15 is 0 Å². The van der Waals surface area contributed by atoms with E-state index in [0.29, 0.717) is 17.0 Å². The van der Waals surface area contributed by atoms with Crippen LogP contribution in [0.25, 0.3) is 21.9 Å². The maximum Gasteiger partial charge on any atom is 0.143 e. The fraction of sp³-hybridized carbons (Fsp3) is 0.111. The van der Waals surface area contributed by atoms with Gasteiger partial charge in [-0.2, -0.15) is 0 Å². The molecule has 0 unspecified atom stereocenters. The van der Waals surface area contributed by atoms with Crippen LogP contribution in [0.2, 0.25) is 0 Å². The fourth-order valence-electron chi connectivity index (χ4n) is 3.20. The number of hydrogen-bond donors (Lipinski definition) is 2. The lowest BCUT2D eigenvalue weighted by atomic mass is 10.1. The summed E-state index contributed by atoms with van der Waals surface area (Å²) in [5.74, 6) is 1.35. The average molecular weight is 320 g/mol. The van der Waals surface area contributed by atoms with Gasteiger partial charge in [0, 0.05) is 17.5 Å². The smallest absolute Gasteiger partial charge is 0.143 e. The summed E-state index contributed by atoms with van der Waals surface area (Å²) < 4.78 is 19.0. The quantitative estimate of drug-likeness (QED) is 0.587. The first kappa shape index (κ1) is 13.3. The molecule has 5 nitrogen and oxygen atoms in total. The SMILES string of the molecule is Fc1ccc2c(c1)[nH]c1ncnc(Nc3ccc4c(c3)CCO4)c12. The summed E-state index contributed by atoms with van der Waals surface area (Å²) in [6.07, 6.45) is 2.41. The Morgan fingerprint density at radius 2 is 2.08 bits per heavy atom. The van der Waals surface area contributed by atoms with Crippen molar-refractivity contribution in [3.05, 3.63) is 54.1 Å². The number of rotatable bonds is 2. The van der Waals surface area contributed by atoms with Gasteiger partial charge in [-0.25, -0.2) is 14.4 Å². The van der Waals surface area contributed by atoms with Crippen molar-refractivity contribution in [2.75, 3.05) is 11.9 Å². The van der Waals surface area contributed by atoms with Crippen molar-refractivity contribution in [2.24, 2.45) is 0 Å². The van der Waals surface area contributed by atoms with Crippen molar-refractivity contribution in [3.8, 4) is 5.75 Å². The lowest BCUT2D eigenvalue weighted by Gasteiger charge is -2.08. The highest BCUT2D eigenvalue weighted by atomic mass is 19.1. The van der Waals surface area contributed by atoms with Crippen LogP contribution in [0.15, 0.2) is 42.7 Å². The van der Waals surface area contributed by atoms with Gasteiger partial charge in [-0.15, -0.1) is 0 Å². The molecule has 0 aliphatic carbocycles. The molecule has 0 spiro atoms. The Kier molecular flexibility index (Phi) is 2.73.